The zero-order valence-electron chi connectivity index (χ0n) is 16.5. The van der Waals surface area contributed by atoms with Crippen LogP contribution in [0.5, 0.6) is 5.75 Å². The number of hydrogen-bond acceptors (Lipinski definition) is 5. The number of halogens is 2. The number of rotatable bonds is 6. The molecule has 0 aliphatic rings. The van der Waals surface area contributed by atoms with Crippen molar-refractivity contribution in [3.05, 3.63) is 74.8 Å². The van der Waals surface area contributed by atoms with Crippen LogP contribution in [0.3, 0.4) is 0 Å². The Bertz CT molecular complexity index is 1320. The van der Waals surface area contributed by atoms with E-state index in [0.717, 1.165) is 10.5 Å². The Morgan fingerprint density at radius 1 is 1.26 bits per heavy atom. The van der Waals surface area contributed by atoms with E-state index < -0.39 is 39.1 Å². The van der Waals surface area contributed by atoms with Gasteiger partial charge in [-0.05, 0) is 29.8 Å². The number of benzene rings is 2. The number of nitrogens with zero attached hydrogens (tertiary/aromatic N) is 2. The zero-order chi connectivity index (χ0) is 22.9. The van der Waals surface area contributed by atoms with Crippen LogP contribution in [0.1, 0.15) is 11.1 Å². The highest BCUT2D eigenvalue weighted by Gasteiger charge is 2.20. The van der Waals surface area contributed by atoms with E-state index in [0.29, 0.717) is 5.56 Å². The highest BCUT2D eigenvalue weighted by molar-refractivity contribution is 7.88. The Morgan fingerprint density at radius 2 is 1.97 bits per heavy atom. The first-order valence-electron chi connectivity index (χ1n) is 8.89. The molecule has 11 heteroatoms. The molecular formula is C20H18ClFN2O6S. The topological polar surface area (TPSA) is 106 Å². The number of carbonyl (C=O) groups is 1. The van der Waals surface area contributed by atoms with Crippen molar-refractivity contribution in [2.45, 2.75) is 12.3 Å². The number of fused-ring (bicyclic) bond motifs is 1. The molecule has 1 heterocycles. The SMILES string of the molecule is CN(C)S(=O)(=O)Cn1cc(OC(=O)O)c(=O)c2cc(Cc3c(F)cccc3Cl)ccc21. The molecule has 0 unspecified atom stereocenters. The van der Waals surface area contributed by atoms with Crippen molar-refractivity contribution in [2.24, 2.45) is 0 Å². The summed E-state index contributed by atoms with van der Waals surface area (Å²) in [4.78, 5) is 23.8. The molecule has 0 aliphatic carbocycles. The lowest BCUT2D eigenvalue weighted by atomic mass is 10.0. The number of pyridine rings is 1. The third kappa shape index (κ3) is 4.87. The number of carboxylic acid groups (broad SMARTS) is 1. The molecule has 0 aliphatic heterocycles. The van der Waals surface area contributed by atoms with Crippen LogP contribution in [-0.2, 0) is 22.3 Å². The lowest BCUT2D eigenvalue weighted by molar-refractivity contribution is 0.144. The molecule has 0 bridgehead atoms. The molecule has 0 spiro atoms. The third-order valence-electron chi connectivity index (χ3n) is 4.61. The predicted molar refractivity (Wildman–Crippen MR) is 114 cm³/mol. The molecule has 3 rings (SSSR count). The molecule has 2 aromatic carbocycles. The van der Waals surface area contributed by atoms with Crippen molar-refractivity contribution in [3.63, 3.8) is 0 Å². The molecule has 0 saturated heterocycles. The Balaban J connectivity index is 2.18. The molecule has 1 N–H and O–H groups in total. The molecule has 0 amide bonds. The van der Waals surface area contributed by atoms with E-state index in [4.69, 9.17) is 16.7 Å². The highest BCUT2D eigenvalue weighted by Crippen LogP contribution is 2.25. The fourth-order valence-corrected chi connectivity index (χ4v) is 4.02. The second kappa shape index (κ2) is 8.66. The highest BCUT2D eigenvalue weighted by atomic mass is 35.5. The summed E-state index contributed by atoms with van der Waals surface area (Å²) in [5, 5.41) is 9.18. The molecule has 0 saturated carbocycles. The molecule has 1 aromatic heterocycles. The second-order valence-electron chi connectivity index (χ2n) is 6.91. The van der Waals surface area contributed by atoms with E-state index in [1.807, 2.05) is 0 Å². The van der Waals surface area contributed by atoms with Gasteiger partial charge in [-0.25, -0.2) is 21.9 Å². The number of aromatic nitrogens is 1. The van der Waals surface area contributed by atoms with Crippen molar-refractivity contribution < 1.29 is 27.4 Å². The first-order chi connectivity index (χ1) is 14.5. The van der Waals surface area contributed by atoms with Gasteiger partial charge in [0.15, 0.2) is 5.75 Å². The van der Waals surface area contributed by atoms with Crippen molar-refractivity contribution in [1.29, 1.82) is 0 Å². The van der Waals surface area contributed by atoms with E-state index in [1.54, 1.807) is 12.1 Å². The van der Waals surface area contributed by atoms with Gasteiger partial charge in [0.05, 0.1) is 11.7 Å². The monoisotopic (exact) mass is 468 g/mol. The lowest BCUT2D eigenvalue weighted by Gasteiger charge is -2.17. The van der Waals surface area contributed by atoms with Gasteiger partial charge in [0.25, 0.3) is 0 Å². The van der Waals surface area contributed by atoms with Crippen LogP contribution in [0.4, 0.5) is 9.18 Å². The summed E-state index contributed by atoms with van der Waals surface area (Å²) in [7, 11) is -1.04. The Labute approximate surface area is 182 Å². The number of ether oxygens (including phenoxy) is 1. The summed E-state index contributed by atoms with van der Waals surface area (Å²) in [5.74, 6) is -1.61. The van der Waals surface area contributed by atoms with E-state index in [9.17, 15) is 22.4 Å². The van der Waals surface area contributed by atoms with Crippen molar-refractivity contribution in [1.82, 2.24) is 8.87 Å². The average Bonchev–Trinajstić information content (AvgIpc) is 2.67. The van der Waals surface area contributed by atoms with Crippen LogP contribution in [0.25, 0.3) is 10.9 Å². The third-order valence-corrected chi connectivity index (χ3v) is 6.68. The van der Waals surface area contributed by atoms with Gasteiger partial charge in [0, 0.05) is 36.5 Å². The minimum atomic E-state index is -3.75. The Morgan fingerprint density at radius 3 is 2.58 bits per heavy atom. The lowest BCUT2D eigenvalue weighted by Crippen LogP contribution is -2.27. The molecule has 3 aromatic rings. The first-order valence-corrected chi connectivity index (χ1v) is 10.9. The summed E-state index contributed by atoms with van der Waals surface area (Å²) in [6, 6.07) is 8.84. The van der Waals surface area contributed by atoms with Gasteiger partial charge in [-0.15, -0.1) is 0 Å². The van der Waals surface area contributed by atoms with Crippen LogP contribution >= 0.6 is 11.6 Å². The maximum Gasteiger partial charge on any atom is 0.511 e. The fourth-order valence-electron chi connectivity index (χ4n) is 3.00. The smallest absolute Gasteiger partial charge is 0.449 e. The Kier molecular flexibility index (Phi) is 6.35. The molecule has 0 atom stereocenters. The standard InChI is InChI=1S/C20H18ClFN2O6S/c1-23(2)31(28,29)11-24-10-18(30-20(26)27)19(25)14-9-12(6-7-17(14)24)8-13-15(21)4-3-5-16(13)22/h3-7,9-10H,8,11H2,1-2H3,(H,26,27). The van der Waals surface area contributed by atoms with Crippen molar-refractivity contribution >= 4 is 38.7 Å². The van der Waals surface area contributed by atoms with Crippen LogP contribution in [0, 0.1) is 5.82 Å². The maximum absolute atomic E-state index is 14.2. The van der Waals surface area contributed by atoms with Gasteiger partial charge < -0.3 is 14.4 Å². The van der Waals surface area contributed by atoms with Crippen LogP contribution in [0.15, 0.2) is 47.4 Å². The van der Waals surface area contributed by atoms with Gasteiger partial charge in [-0.2, -0.15) is 0 Å². The molecule has 164 valence electrons. The molecule has 0 fully saturated rings. The van der Waals surface area contributed by atoms with E-state index >= 15 is 0 Å². The minimum absolute atomic E-state index is 0.0256. The predicted octanol–water partition coefficient (Wildman–Crippen LogP) is 3.29. The van der Waals surface area contributed by atoms with Gasteiger partial charge in [-0.3, -0.25) is 4.79 Å². The number of sulfonamides is 1. The van der Waals surface area contributed by atoms with E-state index in [2.05, 4.69) is 4.74 Å². The summed E-state index contributed by atoms with van der Waals surface area (Å²) in [5.41, 5.74) is 0.261. The van der Waals surface area contributed by atoms with Crippen LogP contribution < -0.4 is 10.2 Å². The quantitative estimate of drug-likeness (QED) is 0.556. The number of hydrogen-bond donors (Lipinski definition) is 1. The summed E-state index contributed by atoms with van der Waals surface area (Å²) in [6.07, 6.45) is -0.610. The van der Waals surface area contributed by atoms with Gasteiger partial charge in [0.1, 0.15) is 11.7 Å². The first kappa shape index (κ1) is 22.7. The largest absolute Gasteiger partial charge is 0.511 e. The molecule has 0 radical (unpaired) electrons. The normalized spacial score (nSPS) is 11.8. The van der Waals surface area contributed by atoms with E-state index in [-0.39, 0.29) is 27.9 Å². The minimum Gasteiger partial charge on any atom is -0.449 e. The zero-order valence-corrected chi connectivity index (χ0v) is 18.1. The van der Waals surface area contributed by atoms with Crippen LogP contribution in [0.2, 0.25) is 5.02 Å². The summed E-state index contributed by atoms with van der Waals surface area (Å²) in [6.45, 7) is 0. The maximum atomic E-state index is 14.2. The second-order valence-corrected chi connectivity index (χ2v) is 9.47. The van der Waals surface area contributed by atoms with E-state index in [1.165, 1.54) is 42.9 Å². The van der Waals surface area contributed by atoms with Crippen LogP contribution in [-0.4, -0.2) is 42.6 Å². The molecule has 8 nitrogen and oxygen atoms in total. The van der Waals surface area contributed by atoms with Crippen molar-refractivity contribution in [3.8, 4) is 5.75 Å². The summed E-state index contributed by atoms with van der Waals surface area (Å²) >= 11 is 6.08. The fraction of sp³-hybridized carbons (Fsp3) is 0.200. The summed E-state index contributed by atoms with van der Waals surface area (Å²) < 4.78 is 45.6. The van der Waals surface area contributed by atoms with Gasteiger partial charge in [0.2, 0.25) is 15.5 Å². The molecular weight excluding hydrogens is 451 g/mol. The van der Waals surface area contributed by atoms with Gasteiger partial charge in [-0.1, -0.05) is 23.7 Å². The average molecular weight is 469 g/mol. The molecule has 31 heavy (non-hydrogen) atoms. The Hall–Kier alpha value is -2.95. The van der Waals surface area contributed by atoms with Crippen molar-refractivity contribution in [2.75, 3.05) is 14.1 Å². The van der Waals surface area contributed by atoms with Gasteiger partial charge >= 0.3 is 6.16 Å².